The monoisotopic (exact) mass is 486 g/mol. The molecular weight excluding hydrogens is 448 g/mol. The first-order chi connectivity index (χ1) is 17.4. The number of fused-ring (bicyclic) bond motifs is 1. The van der Waals surface area contributed by atoms with Gasteiger partial charge in [0.2, 0.25) is 11.9 Å². The molecule has 0 bridgehead atoms. The first kappa shape index (κ1) is 28.3. The maximum absolute atomic E-state index is 12.1. The summed E-state index contributed by atoms with van der Waals surface area (Å²) in [5, 5.41) is 7.13. The van der Waals surface area contributed by atoms with E-state index >= 15 is 0 Å². The van der Waals surface area contributed by atoms with Gasteiger partial charge in [0.05, 0.1) is 16.9 Å². The van der Waals surface area contributed by atoms with E-state index in [0.29, 0.717) is 11.6 Å². The minimum atomic E-state index is -0.269. The second-order valence-corrected chi connectivity index (χ2v) is 8.16. The third kappa shape index (κ3) is 7.26. The molecule has 0 saturated heterocycles. The normalized spacial score (nSPS) is 10.9. The number of carbonyl (C=O) groups excluding carboxylic acids is 1. The van der Waals surface area contributed by atoms with Gasteiger partial charge in [0, 0.05) is 43.0 Å². The second kappa shape index (κ2) is 13.8. The number of hydrogen-bond acceptors (Lipinski definition) is 6. The molecule has 0 aliphatic carbocycles. The zero-order valence-electron chi connectivity index (χ0n) is 22.3. The van der Waals surface area contributed by atoms with Crippen LogP contribution in [-0.2, 0) is 4.79 Å². The highest BCUT2D eigenvalue weighted by molar-refractivity contribution is 6.01. The number of nitrogens with one attached hydrogen (secondary N) is 2. The van der Waals surface area contributed by atoms with Gasteiger partial charge in [-0.15, -0.1) is 0 Å². The van der Waals surface area contributed by atoms with Gasteiger partial charge in [0.15, 0.2) is 0 Å². The molecule has 1 aromatic heterocycles. The van der Waals surface area contributed by atoms with Crippen molar-refractivity contribution in [1.82, 2.24) is 14.9 Å². The molecule has 0 aliphatic rings. The van der Waals surface area contributed by atoms with Crippen LogP contribution in [0.25, 0.3) is 16.5 Å². The lowest BCUT2D eigenvalue weighted by atomic mass is 10.0. The number of likely N-dealkylation sites (N-methyl/N-ethyl adjacent to an activating group) is 2. The summed E-state index contributed by atoms with van der Waals surface area (Å²) in [5.74, 6) is 0.198. The van der Waals surface area contributed by atoms with Crippen molar-refractivity contribution in [3.63, 3.8) is 0 Å². The zero-order chi connectivity index (χ0) is 26.7. The molecule has 0 fully saturated rings. The number of rotatable bonds is 10. The second-order valence-electron chi connectivity index (χ2n) is 8.16. The number of para-hydroxylation sites is 1. The van der Waals surface area contributed by atoms with Crippen LogP contribution in [0.3, 0.4) is 0 Å². The summed E-state index contributed by atoms with van der Waals surface area (Å²) < 4.78 is 0. The third-order valence-electron chi connectivity index (χ3n) is 5.44. The number of benzene rings is 2. The molecule has 7 heteroatoms. The Morgan fingerprint density at radius 2 is 1.81 bits per heavy atom. The number of aromatic nitrogens is 2. The van der Waals surface area contributed by atoms with Gasteiger partial charge in [-0.3, -0.25) is 4.79 Å². The SMILES string of the molecule is C=CC(=O)Nc1cc(Nc2ncc3cccc(/C(C=C)=C/C)c3n2)ccc1N(C)CCN(C)C.CC. The van der Waals surface area contributed by atoms with Crippen molar-refractivity contribution >= 4 is 45.4 Å². The van der Waals surface area contributed by atoms with Gasteiger partial charge in [-0.25, -0.2) is 9.97 Å². The lowest BCUT2D eigenvalue weighted by Gasteiger charge is -2.24. The minimum Gasteiger partial charge on any atom is -0.372 e. The summed E-state index contributed by atoms with van der Waals surface area (Å²) in [6.45, 7) is 15.2. The quantitative estimate of drug-likeness (QED) is 0.266. The van der Waals surface area contributed by atoms with E-state index < -0.39 is 0 Å². The Kier molecular flexibility index (Phi) is 10.8. The molecule has 0 saturated carbocycles. The fourth-order valence-corrected chi connectivity index (χ4v) is 3.56. The highest BCUT2D eigenvalue weighted by Crippen LogP contribution is 2.30. The summed E-state index contributed by atoms with van der Waals surface area (Å²) in [6, 6.07) is 11.8. The molecule has 2 aromatic carbocycles. The van der Waals surface area contributed by atoms with E-state index in [-0.39, 0.29) is 5.91 Å². The number of carbonyl (C=O) groups is 1. The highest BCUT2D eigenvalue weighted by Gasteiger charge is 2.12. The van der Waals surface area contributed by atoms with Gasteiger partial charge in [-0.2, -0.15) is 0 Å². The van der Waals surface area contributed by atoms with Crippen molar-refractivity contribution in [3.05, 3.63) is 79.5 Å². The zero-order valence-corrected chi connectivity index (χ0v) is 22.3. The predicted octanol–water partition coefficient (Wildman–Crippen LogP) is 6.11. The van der Waals surface area contributed by atoms with E-state index in [9.17, 15) is 4.79 Å². The minimum absolute atomic E-state index is 0.269. The number of nitrogens with zero attached hydrogens (tertiary/aromatic N) is 4. The lowest BCUT2D eigenvalue weighted by molar-refractivity contribution is -0.111. The summed E-state index contributed by atoms with van der Waals surface area (Å²) in [5.41, 5.74) is 5.20. The van der Waals surface area contributed by atoms with Crippen LogP contribution in [0, 0.1) is 0 Å². The molecule has 1 amide bonds. The van der Waals surface area contributed by atoms with Crippen LogP contribution in [0.2, 0.25) is 0 Å². The Morgan fingerprint density at radius 1 is 1.06 bits per heavy atom. The molecular formula is C29H38N6O. The average Bonchev–Trinajstić information content (AvgIpc) is 2.89. The summed E-state index contributed by atoms with van der Waals surface area (Å²) in [6.07, 6.45) is 6.89. The van der Waals surface area contributed by atoms with E-state index in [1.807, 2.05) is 90.5 Å². The van der Waals surface area contributed by atoms with Crippen molar-refractivity contribution in [2.75, 3.05) is 49.8 Å². The molecule has 0 unspecified atom stereocenters. The van der Waals surface area contributed by atoms with Crippen molar-refractivity contribution in [3.8, 4) is 0 Å². The van der Waals surface area contributed by atoms with Gasteiger partial charge in [-0.1, -0.05) is 57.4 Å². The highest BCUT2D eigenvalue weighted by atomic mass is 16.1. The largest absolute Gasteiger partial charge is 0.372 e. The fraction of sp³-hybridized carbons (Fsp3) is 0.276. The molecule has 0 spiro atoms. The molecule has 0 atom stereocenters. The van der Waals surface area contributed by atoms with Gasteiger partial charge in [0.1, 0.15) is 0 Å². The Balaban J connectivity index is 0.00000222. The Hall–Kier alpha value is -3.97. The van der Waals surface area contributed by atoms with E-state index in [2.05, 4.69) is 38.6 Å². The van der Waals surface area contributed by atoms with Gasteiger partial charge < -0.3 is 20.4 Å². The van der Waals surface area contributed by atoms with E-state index in [1.165, 1.54) is 6.08 Å². The number of hydrogen-bond donors (Lipinski definition) is 2. The van der Waals surface area contributed by atoms with Crippen LogP contribution in [-0.4, -0.2) is 55.0 Å². The fourth-order valence-electron chi connectivity index (χ4n) is 3.56. The number of anilines is 4. The Morgan fingerprint density at radius 3 is 2.44 bits per heavy atom. The van der Waals surface area contributed by atoms with Crippen molar-refractivity contribution in [2.45, 2.75) is 20.8 Å². The van der Waals surface area contributed by atoms with Crippen molar-refractivity contribution < 1.29 is 4.79 Å². The summed E-state index contributed by atoms with van der Waals surface area (Å²) in [7, 11) is 6.07. The molecule has 3 aromatic rings. The molecule has 3 rings (SSSR count). The van der Waals surface area contributed by atoms with Crippen LogP contribution < -0.4 is 15.5 Å². The van der Waals surface area contributed by atoms with E-state index in [1.54, 1.807) is 6.20 Å². The first-order valence-electron chi connectivity index (χ1n) is 12.1. The van der Waals surface area contributed by atoms with Crippen molar-refractivity contribution in [1.29, 1.82) is 0 Å². The van der Waals surface area contributed by atoms with Crippen molar-refractivity contribution in [2.24, 2.45) is 0 Å². The number of amides is 1. The number of allylic oxidation sites excluding steroid dienone is 3. The average molecular weight is 487 g/mol. The molecule has 0 aliphatic heterocycles. The molecule has 1 heterocycles. The van der Waals surface area contributed by atoms with Gasteiger partial charge in [0.25, 0.3) is 0 Å². The Labute approximate surface area is 215 Å². The standard InChI is InChI=1S/C27H32N6O.C2H6/c1-7-19(8-2)22-12-10-11-20-18-28-27(31-26(20)22)29-21-13-14-24(33(6)16-15-32(4)5)23(17-21)30-25(34)9-3;1-2/h7-14,17-18H,1,3,15-16H2,2,4-6H3,(H,30,34)(H,28,29,31);1-2H3/b19-8+;. The van der Waals surface area contributed by atoms with Gasteiger partial charge in [-0.05, 0) is 50.9 Å². The maximum atomic E-state index is 12.1. The molecule has 7 nitrogen and oxygen atoms in total. The van der Waals surface area contributed by atoms with Crippen LogP contribution in [0.15, 0.2) is 74.0 Å². The molecule has 190 valence electrons. The molecule has 2 N–H and O–H groups in total. The van der Waals surface area contributed by atoms with Crippen LogP contribution in [0.4, 0.5) is 23.0 Å². The van der Waals surface area contributed by atoms with Crippen LogP contribution in [0.5, 0.6) is 0 Å². The molecule has 36 heavy (non-hydrogen) atoms. The smallest absolute Gasteiger partial charge is 0.247 e. The summed E-state index contributed by atoms with van der Waals surface area (Å²) in [4.78, 5) is 25.6. The third-order valence-corrected chi connectivity index (χ3v) is 5.44. The predicted molar refractivity (Wildman–Crippen MR) is 155 cm³/mol. The topological polar surface area (TPSA) is 73.4 Å². The van der Waals surface area contributed by atoms with Crippen LogP contribution >= 0.6 is 0 Å². The van der Waals surface area contributed by atoms with Gasteiger partial charge >= 0.3 is 0 Å². The van der Waals surface area contributed by atoms with E-state index in [4.69, 9.17) is 4.98 Å². The lowest BCUT2D eigenvalue weighted by Crippen LogP contribution is -2.29. The Bertz CT molecular complexity index is 1230. The first-order valence-corrected chi connectivity index (χ1v) is 12.1. The van der Waals surface area contributed by atoms with Crippen LogP contribution in [0.1, 0.15) is 26.3 Å². The molecule has 0 radical (unpaired) electrons. The summed E-state index contributed by atoms with van der Waals surface area (Å²) >= 11 is 0. The maximum Gasteiger partial charge on any atom is 0.247 e. The van der Waals surface area contributed by atoms with E-state index in [0.717, 1.165) is 46.5 Å².